The number of nitrogens with zero attached hydrogens (tertiary/aromatic N) is 1. The Bertz CT molecular complexity index is 585. The number of anilines is 1. The van der Waals surface area contributed by atoms with Crippen LogP contribution in [-0.4, -0.2) is 16.5 Å². The summed E-state index contributed by atoms with van der Waals surface area (Å²) in [7, 11) is 0. The van der Waals surface area contributed by atoms with Crippen molar-refractivity contribution in [2.24, 2.45) is 5.73 Å². The number of hydrogen-bond acceptors (Lipinski definition) is 4. The topological polar surface area (TPSA) is 83.8 Å². The molecule has 0 amide bonds. The fourth-order valence-electron chi connectivity index (χ4n) is 1.72. The summed E-state index contributed by atoms with van der Waals surface area (Å²) in [6.45, 7) is 0.669. The maximum atomic E-state index is 11.4. The lowest BCUT2D eigenvalue weighted by atomic mass is 10.1. The lowest BCUT2D eigenvalue weighted by molar-refractivity contribution is 0.674. The summed E-state index contributed by atoms with van der Waals surface area (Å²) in [5, 5.41) is 3.14. The van der Waals surface area contributed by atoms with E-state index in [1.54, 1.807) is 0 Å². The van der Waals surface area contributed by atoms with Gasteiger partial charge in [0, 0.05) is 12.6 Å². The van der Waals surface area contributed by atoms with Gasteiger partial charge in [-0.2, -0.15) is 0 Å². The molecule has 1 heterocycles. The Balaban J connectivity index is 1.90. The molecule has 0 saturated heterocycles. The largest absolute Gasteiger partial charge is 0.369 e. The monoisotopic (exact) mass is 370 g/mol. The number of nitrogens with two attached hydrogens (primary N) is 1. The molecule has 100 valence electrons. The van der Waals surface area contributed by atoms with Crippen molar-refractivity contribution in [3.8, 4) is 0 Å². The van der Waals surface area contributed by atoms with E-state index in [9.17, 15) is 4.79 Å². The summed E-state index contributed by atoms with van der Waals surface area (Å²) < 4.78 is 0.563. The number of H-pyrrole nitrogens is 1. The molecule has 0 aliphatic carbocycles. The van der Waals surface area contributed by atoms with Crippen LogP contribution >= 0.6 is 22.6 Å². The van der Waals surface area contributed by atoms with Crippen molar-refractivity contribution in [3.05, 3.63) is 56.1 Å². The lowest BCUT2D eigenvalue weighted by Crippen LogP contribution is -2.18. The predicted octanol–water partition coefficient (Wildman–Crippen LogP) is 1.88. The molecule has 0 spiro atoms. The van der Waals surface area contributed by atoms with Crippen LogP contribution in [0.3, 0.4) is 0 Å². The number of halogens is 1. The van der Waals surface area contributed by atoms with Crippen LogP contribution in [0.1, 0.15) is 18.0 Å². The summed E-state index contributed by atoms with van der Waals surface area (Å²) in [6.07, 6.45) is 2.17. The fraction of sp³-hybridized carbons (Fsp3) is 0.231. The number of nitrogens with one attached hydrogen (secondary N) is 2. The number of benzene rings is 1. The van der Waals surface area contributed by atoms with Crippen molar-refractivity contribution in [2.75, 3.05) is 11.9 Å². The zero-order valence-electron chi connectivity index (χ0n) is 10.3. The van der Waals surface area contributed by atoms with E-state index in [1.165, 1.54) is 6.33 Å². The van der Waals surface area contributed by atoms with Crippen LogP contribution in [-0.2, 0) is 0 Å². The minimum Gasteiger partial charge on any atom is -0.369 e. The highest BCUT2D eigenvalue weighted by Gasteiger charge is 2.07. The zero-order chi connectivity index (χ0) is 13.7. The maximum absolute atomic E-state index is 11.4. The molecule has 2 aromatic rings. The third kappa shape index (κ3) is 3.77. The zero-order valence-corrected chi connectivity index (χ0v) is 12.4. The molecule has 2 rings (SSSR count). The number of aromatic amines is 1. The molecule has 6 heteroatoms. The van der Waals surface area contributed by atoms with Gasteiger partial charge in [0.1, 0.15) is 9.39 Å². The van der Waals surface area contributed by atoms with Crippen LogP contribution in [0, 0.1) is 3.57 Å². The molecular weight excluding hydrogens is 355 g/mol. The predicted molar refractivity (Wildman–Crippen MR) is 84.1 cm³/mol. The first-order chi connectivity index (χ1) is 9.18. The van der Waals surface area contributed by atoms with Crippen molar-refractivity contribution >= 4 is 28.4 Å². The summed E-state index contributed by atoms with van der Waals surface area (Å²) >= 11 is 1.97. The van der Waals surface area contributed by atoms with Gasteiger partial charge in [-0.1, -0.05) is 30.3 Å². The number of aromatic nitrogens is 2. The van der Waals surface area contributed by atoms with Crippen molar-refractivity contribution < 1.29 is 0 Å². The second-order valence-corrected chi connectivity index (χ2v) is 5.21. The van der Waals surface area contributed by atoms with Gasteiger partial charge >= 0.3 is 0 Å². The maximum Gasteiger partial charge on any atom is 0.266 e. The van der Waals surface area contributed by atoms with Gasteiger partial charge in [-0.15, -0.1) is 0 Å². The normalized spacial score (nSPS) is 12.1. The highest BCUT2D eigenvalue weighted by Crippen LogP contribution is 2.14. The molecule has 0 radical (unpaired) electrons. The highest BCUT2D eigenvalue weighted by molar-refractivity contribution is 14.1. The third-order valence-corrected chi connectivity index (χ3v) is 3.77. The van der Waals surface area contributed by atoms with E-state index < -0.39 is 0 Å². The second-order valence-electron chi connectivity index (χ2n) is 4.13. The van der Waals surface area contributed by atoms with Gasteiger partial charge in [0.05, 0.1) is 6.33 Å². The van der Waals surface area contributed by atoms with Gasteiger partial charge in [0.2, 0.25) is 0 Å². The van der Waals surface area contributed by atoms with E-state index in [4.69, 9.17) is 5.73 Å². The Morgan fingerprint density at radius 1 is 1.37 bits per heavy atom. The number of rotatable bonds is 5. The Morgan fingerprint density at radius 3 is 2.84 bits per heavy atom. The second kappa shape index (κ2) is 6.67. The standard InChI is InChI=1S/C13H15IN4O/c14-11-12(17-8-18-13(11)19)16-7-6-10(15)9-4-2-1-3-5-9/h1-5,8,10H,6-7,15H2,(H2,16,17,18,19). The first kappa shape index (κ1) is 14.0. The van der Waals surface area contributed by atoms with Gasteiger partial charge in [0.15, 0.2) is 0 Å². The summed E-state index contributed by atoms with van der Waals surface area (Å²) in [6, 6.07) is 9.93. The molecule has 0 aliphatic heterocycles. The Hall–Kier alpha value is -1.41. The van der Waals surface area contributed by atoms with E-state index in [0.717, 1.165) is 12.0 Å². The third-order valence-electron chi connectivity index (χ3n) is 2.77. The number of hydrogen-bond donors (Lipinski definition) is 3. The summed E-state index contributed by atoms with van der Waals surface area (Å²) in [4.78, 5) is 18.0. The molecular formula is C13H15IN4O. The SMILES string of the molecule is NC(CCNc1nc[nH]c(=O)c1I)c1ccccc1. The molecule has 19 heavy (non-hydrogen) atoms. The molecule has 1 unspecified atom stereocenters. The molecule has 5 nitrogen and oxygen atoms in total. The van der Waals surface area contributed by atoms with E-state index in [0.29, 0.717) is 15.9 Å². The van der Waals surface area contributed by atoms with E-state index in [2.05, 4.69) is 15.3 Å². The molecule has 1 aromatic heterocycles. The smallest absolute Gasteiger partial charge is 0.266 e. The van der Waals surface area contributed by atoms with Crippen LogP contribution in [0.5, 0.6) is 0 Å². The van der Waals surface area contributed by atoms with Gasteiger partial charge in [-0.3, -0.25) is 4.79 Å². The molecule has 0 bridgehead atoms. The van der Waals surface area contributed by atoms with Gasteiger partial charge in [-0.25, -0.2) is 4.98 Å². The molecule has 0 aliphatic rings. The van der Waals surface area contributed by atoms with Crippen LogP contribution in [0.4, 0.5) is 5.82 Å². The highest BCUT2D eigenvalue weighted by atomic mass is 127. The summed E-state index contributed by atoms with van der Waals surface area (Å²) in [5.41, 5.74) is 7.07. The quantitative estimate of drug-likeness (QED) is 0.702. The molecule has 4 N–H and O–H groups in total. The van der Waals surface area contributed by atoms with Gasteiger partial charge in [-0.05, 0) is 34.6 Å². The van der Waals surface area contributed by atoms with Crippen LogP contribution < -0.4 is 16.6 Å². The minimum absolute atomic E-state index is 0.0200. The van der Waals surface area contributed by atoms with Crippen molar-refractivity contribution in [1.82, 2.24) is 9.97 Å². The molecule has 1 aromatic carbocycles. The average Bonchev–Trinajstić information content (AvgIpc) is 2.44. The van der Waals surface area contributed by atoms with E-state index in [-0.39, 0.29) is 11.6 Å². The molecule has 1 atom stereocenters. The van der Waals surface area contributed by atoms with Crippen LogP contribution in [0.2, 0.25) is 0 Å². The van der Waals surface area contributed by atoms with E-state index >= 15 is 0 Å². The Labute approximate surface area is 124 Å². The molecule has 0 fully saturated rings. The van der Waals surface area contributed by atoms with Gasteiger partial charge in [0.25, 0.3) is 5.56 Å². The first-order valence-corrected chi connectivity index (χ1v) is 7.04. The van der Waals surface area contributed by atoms with E-state index in [1.807, 2.05) is 52.9 Å². The molecule has 0 saturated carbocycles. The first-order valence-electron chi connectivity index (χ1n) is 5.96. The minimum atomic E-state index is -0.134. The lowest BCUT2D eigenvalue weighted by Gasteiger charge is -2.13. The van der Waals surface area contributed by atoms with Crippen molar-refractivity contribution in [2.45, 2.75) is 12.5 Å². The fourth-order valence-corrected chi connectivity index (χ4v) is 2.20. The Kier molecular flexibility index (Phi) is 4.92. The Morgan fingerprint density at radius 2 is 2.11 bits per heavy atom. The van der Waals surface area contributed by atoms with Crippen molar-refractivity contribution in [1.29, 1.82) is 0 Å². The van der Waals surface area contributed by atoms with Gasteiger partial charge < -0.3 is 16.0 Å². The average molecular weight is 370 g/mol. The van der Waals surface area contributed by atoms with Crippen LogP contribution in [0.15, 0.2) is 41.5 Å². The van der Waals surface area contributed by atoms with Crippen LogP contribution in [0.25, 0.3) is 0 Å². The van der Waals surface area contributed by atoms with Crippen molar-refractivity contribution in [3.63, 3.8) is 0 Å². The summed E-state index contributed by atoms with van der Waals surface area (Å²) in [5.74, 6) is 0.601.